The first-order chi connectivity index (χ1) is 11.8. The standard InChI is InChI=1S/C18H29N3O3S/c1-4-19-15(3)12-20-18(22)16-6-5-11-21(13-16)25(23,24)17-9-7-14(2)8-10-17/h7-10,15-16,19H,4-6,11-13H2,1-3H3,(H,20,22)/t15-,16?/m1/s1. The van der Waals surface area contributed by atoms with Crippen LogP contribution in [-0.2, 0) is 14.8 Å². The smallest absolute Gasteiger partial charge is 0.243 e. The lowest BCUT2D eigenvalue weighted by Crippen LogP contribution is -2.47. The molecule has 1 unspecified atom stereocenters. The Morgan fingerprint density at radius 2 is 2.00 bits per heavy atom. The third-order valence-corrected chi connectivity index (χ3v) is 6.43. The molecule has 25 heavy (non-hydrogen) atoms. The Labute approximate surface area is 151 Å². The Hall–Kier alpha value is -1.44. The second-order valence-electron chi connectivity index (χ2n) is 6.72. The average molecular weight is 368 g/mol. The second kappa shape index (κ2) is 8.78. The summed E-state index contributed by atoms with van der Waals surface area (Å²) in [5, 5.41) is 6.18. The second-order valence-corrected chi connectivity index (χ2v) is 8.66. The van der Waals surface area contributed by atoms with Crippen molar-refractivity contribution in [3.63, 3.8) is 0 Å². The van der Waals surface area contributed by atoms with Crippen LogP contribution >= 0.6 is 0 Å². The van der Waals surface area contributed by atoms with Crippen molar-refractivity contribution in [2.24, 2.45) is 5.92 Å². The number of amides is 1. The normalized spacial score (nSPS) is 20.2. The van der Waals surface area contributed by atoms with E-state index in [1.165, 1.54) is 4.31 Å². The van der Waals surface area contributed by atoms with Crippen molar-refractivity contribution >= 4 is 15.9 Å². The van der Waals surface area contributed by atoms with E-state index in [4.69, 9.17) is 0 Å². The van der Waals surface area contributed by atoms with E-state index >= 15 is 0 Å². The van der Waals surface area contributed by atoms with Gasteiger partial charge in [-0.05, 0) is 45.4 Å². The van der Waals surface area contributed by atoms with E-state index in [0.717, 1.165) is 18.5 Å². The SMILES string of the molecule is CCN[C@H](C)CNC(=O)C1CCCN(S(=O)(=O)c2ccc(C)cc2)C1. The van der Waals surface area contributed by atoms with Crippen LogP contribution in [0.2, 0.25) is 0 Å². The summed E-state index contributed by atoms with van der Waals surface area (Å²) in [6, 6.07) is 7.05. The highest BCUT2D eigenvalue weighted by Gasteiger charge is 2.33. The number of piperidine rings is 1. The molecule has 0 saturated carbocycles. The largest absolute Gasteiger partial charge is 0.354 e. The van der Waals surface area contributed by atoms with Gasteiger partial charge in [-0.15, -0.1) is 0 Å². The number of hydrogen-bond donors (Lipinski definition) is 2. The van der Waals surface area contributed by atoms with E-state index in [1.807, 2.05) is 20.8 Å². The first-order valence-electron chi connectivity index (χ1n) is 8.92. The minimum atomic E-state index is -3.54. The van der Waals surface area contributed by atoms with Gasteiger partial charge >= 0.3 is 0 Å². The van der Waals surface area contributed by atoms with Gasteiger partial charge in [0.25, 0.3) is 0 Å². The number of carbonyl (C=O) groups excluding carboxylic acids is 1. The summed E-state index contributed by atoms with van der Waals surface area (Å²) >= 11 is 0. The fraction of sp³-hybridized carbons (Fsp3) is 0.611. The Bertz CT molecular complexity index is 673. The molecule has 6 nitrogen and oxygen atoms in total. The van der Waals surface area contributed by atoms with E-state index in [-0.39, 0.29) is 24.4 Å². The number of rotatable bonds is 7. The minimum Gasteiger partial charge on any atom is -0.354 e. The van der Waals surface area contributed by atoms with Crippen LogP contribution in [-0.4, -0.2) is 50.9 Å². The molecule has 140 valence electrons. The number of aryl methyl sites for hydroxylation is 1. The molecule has 1 aliphatic heterocycles. The molecule has 1 aromatic rings. The molecule has 1 saturated heterocycles. The molecule has 2 atom stereocenters. The molecule has 0 aromatic heterocycles. The zero-order chi connectivity index (χ0) is 18.4. The van der Waals surface area contributed by atoms with Crippen LogP contribution in [0.25, 0.3) is 0 Å². The molecule has 1 heterocycles. The fourth-order valence-electron chi connectivity index (χ4n) is 3.05. The fourth-order valence-corrected chi connectivity index (χ4v) is 4.58. The van der Waals surface area contributed by atoms with Gasteiger partial charge in [-0.2, -0.15) is 4.31 Å². The zero-order valence-corrected chi connectivity index (χ0v) is 16.1. The summed E-state index contributed by atoms with van der Waals surface area (Å²) < 4.78 is 27.0. The predicted molar refractivity (Wildman–Crippen MR) is 98.8 cm³/mol. The summed E-state index contributed by atoms with van der Waals surface area (Å²) in [6.45, 7) is 8.07. The van der Waals surface area contributed by atoms with Gasteiger partial charge in [0.1, 0.15) is 0 Å². The summed E-state index contributed by atoms with van der Waals surface area (Å²) in [4.78, 5) is 12.7. The van der Waals surface area contributed by atoms with Crippen molar-refractivity contribution in [3.05, 3.63) is 29.8 Å². The molecule has 0 radical (unpaired) electrons. The third kappa shape index (κ3) is 5.26. The Balaban J connectivity index is 2.00. The molecule has 7 heteroatoms. The van der Waals surface area contributed by atoms with Crippen molar-refractivity contribution in [2.45, 2.75) is 44.6 Å². The maximum Gasteiger partial charge on any atom is 0.243 e. The maximum absolute atomic E-state index is 12.8. The van der Waals surface area contributed by atoms with Gasteiger partial charge in [-0.25, -0.2) is 8.42 Å². The Morgan fingerprint density at radius 3 is 2.64 bits per heavy atom. The van der Waals surface area contributed by atoms with Gasteiger partial charge in [0.05, 0.1) is 10.8 Å². The summed E-state index contributed by atoms with van der Waals surface area (Å²) in [6.07, 6.45) is 1.42. The van der Waals surface area contributed by atoms with Crippen LogP contribution < -0.4 is 10.6 Å². The Morgan fingerprint density at radius 1 is 1.32 bits per heavy atom. The molecule has 1 amide bonds. The van der Waals surface area contributed by atoms with Crippen LogP contribution in [0.5, 0.6) is 0 Å². The van der Waals surface area contributed by atoms with Crippen molar-refractivity contribution in [1.82, 2.24) is 14.9 Å². The van der Waals surface area contributed by atoms with Crippen LogP contribution in [0.4, 0.5) is 0 Å². The monoisotopic (exact) mass is 367 g/mol. The van der Waals surface area contributed by atoms with Gasteiger partial charge in [0.15, 0.2) is 0 Å². The van der Waals surface area contributed by atoms with Crippen molar-refractivity contribution in [1.29, 1.82) is 0 Å². The molecule has 0 aliphatic carbocycles. The Kier molecular flexibility index (Phi) is 6.98. The lowest BCUT2D eigenvalue weighted by Gasteiger charge is -2.31. The molecule has 2 rings (SSSR count). The predicted octanol–water partition coefficient (Wildman–Crippen LogP) is 1.51. The number of likely N-dealkylation sites (N-methyl/N-ethyl adjacent to an activating group) is 1. The van der Waals surface area contributed by atoms with Crippen LogP contribution in [0.15, 0.2) is 29.2 Å². The van der Waals surface area contributed by atoms with E-state index in [1.54, 1.807) is 24.3 Å². The van der Waals surface area contributed by atoms with Crippen LogP contribution in [0, 0.1) is 12.8 Å². The number of hydrogen-bond acceptors (Lipinski definition) is 4. The quantitative estimate of drug-likeness (QED) is 0.766. The summed E-state index contributed by atoms with van der Waals surface area (Å²) in [5.74, 6) is -0.351. The highest BCUT2D eigenvalue weighted by molar-refractivity contribution is 7.89. The van der Waals surface area contributed by atoms with Crippen LogP contribution in [0.3, 0.4) is 0 Å². The number of benzene rings is 1. The highest BCUT2D eigenvalue weighted by Crippen LogP contribution is 2.24. The lowest BCUT2D eigenvalue weighted by molar-refractivity contribution is -0.126. The van der Waals surface area contributed by atoms with Crippen molar-refractivity contribution in [3.8, 4) is 0 Å². The van der Waals surface area contributed by atoms with Gasteiger partial charge < -0.3 is 10.6 Å². The maximum atomic E-state index is 12.8. The number of nitrogens with one attached hydrogen (secondary N) is 2. The average Bonchev–Trinajstić information content (AvgIpc) is 2.60. The number of nitrogens with zero attached hydrogens (tertiary/aromatic N) is 1. The van der Waals surface area contributed by atoms with Gasteiger partial charge in [-0.1, -0.05) is 24.6 Å². The third-order valence-electron chi connectivity index (χ3n) is 4.55. The van der Waals surface area contributed by atoms with Crippen LogP contribution in [0.1, 0.15) is 32.3 Å². The van der Waals surface area contributed by atoms with E-state index in [2.05, 4.69) is 10.6 Å². The molecule has 1 aromatic carbocycles. The molecular weight excluding hydrogens is 338 g/mol. The summed E-state index contributed by atoms with van der Waals surface area (Å²) in [7, 11) is -3.54. The molecule has 2 N–H and O–H groups in total. The molecule has 1 fully saturated rings. The minimum absolute atomic E-state index is 0.0615. The van der Waals surface area contributed by atoms with Gasteiger partial charge in [0.2, 0.25) is 15.9 Å². The first kappa shape index (κ1) is 19.9. The van der Waals surface area contributed by atoms with E-state index < -0.39 is 10.0 Å². The molecular formula is C18H29N3O3S. The topological polar surface area (TPSA) is 78.5 Å². The number of sulfonamides is 1. The van der Waals surface area contributed by atoms with Gasteiger partial charge in [-0.3, -0.25) is 4.79 Å². The molecule has 0 spiro atoms. The van der Waals surface area contributed by atoms with E-state index in [0.29, 0.717) is 24.4 Å². The van der Waals surface area contributed by atoms with Gasteiger partial charge in [0, 0.05) is 25.7 Å². The van der Waals surface area contributed by atoms with Crippen molar-refractivity contribution < 1.29 is 13.2 Å². The van der Waals surface area contributed by atoms with Crippen molar-refractivity contribution in [2.75, 3.05) is 26.2 Å². The molecule has 0 bridgehead atoms. The zero-order valence-electron chi connectivity index (χ0n) is 15.3. The summed E-state index contributed by atoms with van der Waals surface area (Å²) in [5.41, 5.74) is 1.02. The first-order valence-corrected chi connectivity index (χ1v) is 10.4. The highest BCUT2D eigenvalue weighted by atomic mass is 32.2. The van der Waals surface area contributed by atoms with E-state index in [9.17, 15) is 13.2 Å². The molecule has 1 aliphatic rings. The number of carbonyl (C=O) groups is 1. The lowest BCUT2D eigenvalue weighted by atomic mass is 9.99.